The normalized spacial score (nSPS) is 9.62. The first-order valence-corrected chi connectivity index (χ1v) is 6.08. The zero-order valence-corrected chi connectivity index (χ0v) is 10.5. The molecule has 2 aromatic rings. The van der Waals surface area contributed by atoms with Crippen LogP contribution >= 0.6 is 15.9 Å². The van der Waals surface area contributed by atoms with E-state index < -0.39 is 0 Å². The summed E-state index contributed by atoms with van der Waals surface area (Å²) in [4.78, 5) is 0. The number of benzene rings is 2. The molecule has 0 saturated heterocycles. The minimum Gasteiger partial charge on any atom is -0.497 e. The van der Waals surface area contributed by atoms with Crippen molar-refractivity contribution < 1.29 is 4.74 Å². The van der Waals surface area contributed by atoms with E-state index in [1.165, 1.54) is 10.8 Å². The maximum absolute atomic E-state index is 5.18. The van der Waals surface area contributed by atoms with Crippen LogP contribution in [0.4, 0.5) is 0 Å². The molecule has 0 atom stereocenters. The lowest BCUT2D eigenvalue weighted by atomic mass is 10.1. The van der Waals surface area contributed by atoms with Gasteiger partial charge in [0.2, 0.25) is 0 Å². The number of hydrogen-bond donors (Lipinski definition) is 0. The van der Waals surface area contributed by atoms with Crippen LogP contribution in [-0.2, 0) is 0 Å². The van der Waals surface area contributed by atoms with Crippen LogP contribution in [0, 0.1) is 11.8 Å². The molecule has 0 radical (unpaired) electrons. The predicted octanol–water partition coefficient (Wildman–Crippen LogP) is 3.59. The third kappa shape index (κ3) is 2.37. The molecule has 0 heterocycles. The summed E-state index contributed by atoms with van der Waals surface area (Å²) in [7, 11) is 1.68. The Labute approximate surface area is 104 Å². The second-order valence-corrected chi connectivity index (χ2v) is 3.92. The Bertz CT molecular complexity index is 564. The highest BCUT2D eigenvalue weighted by molar-refractivity contribution is 9.09. The Morgan fingerprint density at radius 1 is 1.12 bits per heavy atom. The summed E-state index contributed by atoms with van der Waals surface area (Å²) in [5.41, 5.74) is 1.04. The first-order chi connectivity index (χ1) is 7.83. The molecule has 0 N–H and O–H groups in total. The maximum atomic E-state index is 5.18. The molecule has 0 spiro atoms. The summed E-state index contributed by atoms with van der Waals surface area (Å²) in [6, 6.07) is 12.2. The lowest BCUT2D eigenvalue weighted by Crippen LogP contribution is -1.83. The molecular weight excluding hydrogens is 264 g/mol. The van der Waals surface area contributed by atoms with Crippen LogP contribution in [0.25, 0.3) is 10.8 Å². The topological polar surface area (TPSA) is 9.23 Å². The zero-order valence-electron chi connectivity index (χ0n) is 8.96. The number of rotatable bonds is 1. The van der Waals surface area contributed by atoms with Gasteiger partial charge < -0.3 is 4.74 Å². The summed E-state index contributed by atoms with van der Waals surface area (Å²) in [5, 5.41) is 3.05. The number of methoxy groups -OCH3 is 1. The second kappa shape index (κ2) is 5.05. The van der Waals surface area contributed by atoms with Crippen LogP contribution in [0.2, 0.25) is 0 Å². The van der Waals surface area contributed by atoms with Gasteiger partial charge in [0.15, 0.2) is 0 Å². The van der Waals surface area contributed by atoms with Crippen LogP contribution in [0.15, 0.2) is 36.4 Å². The quantitative estimate of drug-likeness (QED) is 0.571. The fourth-order valence-corrected chi connectivity index (χ4v) is 1.70. The SMILES string of the molecule is COc1ccc2cc(C#CCBr)ccc2c1. The average molecular weight is 275 g/mol. The van der Waals surface area contributed by atoms with Crippen molar-refractivity contribution in [1.82, 2.24) is 0 Å². The standard InChI is InChI=1S/C14H11BrO/c1-16-14-7-6-12-9-11(3-2-8-15)4-5-13(12)10-14/h4-7,9-10H,8H2,1H3. The highest BCUT2D eigenvalue weighted by atomic mass is 79.9. The molecule has 16 heavy (non-hydrogen) atoms. The highest BCUT2D eigenvalue weighted by Crippen LogP contribution is 2.21. The number of alkyl halides is 1. The van der Waals surface area contributed by atoms with Crippen molar-refractivity contribution in [3.63, 3.8) is 0 Å². The molecule has 0 saturated carbocycles. The van der Waals surface area contributed by atoms with E-state index in [2.05, 4.69) is 39.9 Å². The molecule has 2 rings (SSSR count). The smallest absolute Gasteiger partial charge is 0.119 e. The number of hydrogen-bond acceptors (Lipinski definition) is 1. The van der Waals surface area contributed by atoms with Crippen molar-refractivity contribution in [3.8, 4) is 17.6 Å². The van der Waals surface area contributed by atoms with Crippen molar-refractivity contribution in [2.75, 3.05) is 12.4 Å². The van der Waals surface area contributed by atoms with Gasteiger partial charge >= 0.3 is 0 Å². The maximum Gasteiger partial charge on any atom is 0.119 e. The van der Waals surface area contributed by atoms with Gasteiger partial charge in [0.1, 0.15) is 5.75 Å². The second-order valence-electron chi connectivity index (χ2n) is 3.36. The highest BCUT2D eigenvalue weighted by Gasteiger charge is 1.96. The zero-order chi connectivity index (χ0) is 11.4. The third-order valence-electron chi connectivity index (χ3n) is 2.35. The Morgan fingerprint density at radius 3 is 2.62 bits per heavy atom. The first-order valence-electron chi connectivity index (χ1n) is 4.96. The summed E-state index contributed by atoms with van der Waals surface area (Å²) in [5.74, 6) is 6.96. The van der Waals surface area contributed by atoms with Crippen LogP contribution in [0.1, 0.15) is 5.56 Å². The lowest BCUT2D eigenvalue weighted by Gasteiger charge is -2.02. The molecule has 0 bridgehead atoms. The van der Waals surface area contributed by atoms with Crippen molar-refractivity contribution in [1.29, 1.82) is 0 Å². The summed E-state index contributed by atoms with van der Waals surface area (Å²) in [6.45, 7) is 0. The molecule has 0 aliphatic carbocycles. The third-order valence-corrected chi connectivity index (χ3v) is 2.63. The van der Waals surface area contributed by atoms with Gasteiger partial charge in [0.25, 0.3) is 0 Å². The van der Waals surface area contributed by atoms with Crippen molar-refractivity contribution >= 4 is 26.7 Å². The van der Waals surface area contributed by atoms with Gasteiger partial charge in [-0.2, -0.15) is 0 Å². The van der Waals surface area contributed by atoms with E-state index in [-0.39, 0.29) is 0 Å². The first kappa shape index (κ1) is 11.0. The number of fused-ring (bicyclic) bond motifs is 1. The molecule has 2 aromatic carbocycles. The van der Waals surface area contributed by atoms with Gasteiger partial charge in [-0.15, -0.1) is 0 Å². The number of ether oxygens (including phenoxy) is 1. The molecule has 2 heteroatoms. The lowest BCUT2D eigenvalue weighted by molar-refractivity contribution is 0.415. The minimum atomic E-state index is 0.702. The minimum absolute atomic E-state index is 0.702. The van der Waals surface area contributed by atoms with Crippen molar-refractivity contribution in [2.24, 2.45) is 0 Å². The van der Waals surface area contributed by atoms with Crippen molar-refractivity contribution in [2.45, 2.75) is 0 Å². The Morgan fingerprint density at radius 2 is 1.88 bits per heavy atom. The molecule has 0 unspecified atom stereocenters. The predicted molar refractivity (Wildman–Crippen MR) is 71.2 cm³/mol. The van der Waals surface area contributed by atoms with Crippen LogP contribution in [0.3, 0.4) is 0 Å². The van der Waals surface area contributed by atoms with Gasteiger partial charge in [0.05, 0.1) is 12.4 Å². The van der Waals surface area contributed by atoms with E-state index >= 15 is 0 Å². The fraction of sp³-hybridized carbons (Fsp3) is 0.143. The summed E-state index contributed by atoms with van der Waals surface area (Å²) >= 11 is 3.29. The Hall–Kier alpha value is -1.46. The van der Waals surface area contributed by atoms with E-state index in [4.69, 9.17) is 4.74 Å². The molecule has 0 amide bonds. The van der Waals surface area contributed by atoms with E-state index in [0.717, 1.165) is 11.3 Å². The van der Waals surface area contributed by atoms with E-state index in [1.54, 1.807) is 7.11 Å². The molecule has 0 aromatic heterocycles. The fourth-order valence-electron chi connectivity index (χ4n) is 1.56. The van der Waals surface area contributed by atoms with E-state index in [1.807, 2.05) is 24.3 Å². The molecule has 1 nitrogen and oxygen atoms in total. The van der Waals surface area contributed by atoms with Gasteiger partial charge in [-0.25, -0.2) is 0 Å². The Balaban J connectivity index is 2.47. The van der Waals surface area contributed by atoms with Gasteiger partial charge in [-0.05, 0) is 35.0 Å². The largest absolute Gasteiger partial charge is 0.497 e. The van der Waals surface area contributed by atoms with Crippen LogP contribution < -0.4 is 4.74 Å². The van der Waals surface area contributed by atoms with Gasteiger partial charge in [0, 0.05) is 5.56 Å². The molecular formula is C14H11BrO. The average Bonchev–Trinajstić information content (AvgIpc) is 2.35. The van der Waals surface area contributed by atoms with Crippen LogP contribution in [0.5, 0.6) is 5.75 Å². The van der Waals surface area contributed by atoms with E-state index in [0.29, 0.717) is 5.33 Å². The molecule has 0 fully saturated rings. The molecule has 80 valence electrons. The monoisotopic (exact) mass is 274 g/mol. The van der Waals surface area contributed by atoms with Gasteiger partial charge in [-0.3, -0.25) is 0 Å². The van der Waals surface area contributed by atoms with Crippen LogP contribution in [-0.4, -0.2) is 12.4 Å². The molecule has 0 aliphatic rings. The van der Waals surface area contributed by atoms with Gasteiger partial charge in [-0.1, -0.05) is 39.9 Å². The van der Waals surface area contributed by atoms with Crippen molar-refractivity contribution in [3.05, 3.63) is 42.0 Å². The van der Waals surface area contributed by atoms with E-state index in [9.17, 15) is 0 Å². The Kier molecular flexibility index (Phi) is 3.48. The summed E-state index contributed by atoms with van der Waals surface area (Å²) in [6.07, 6.45) is 0. The molecule has 0 aliphatic heterocycles. The number of halogens is 1. The summed E-state index contributed by atoms with van der Waals surface area (Å²) < 4.78 is 5.18.